The van der Waals surface area contributed by atoms with Gasteiger partial charge in [0.25, 0.3) is 0 Å². The van der Waals surface area contributed by atoms with E-state index in [1.54, 1.807) is 10.9 Å². The van der Waals surface area contributed by atoms with Crippen molar-refractivity contribution in [2.45, 2.75) is 20.0 Å². The molecule has 0 spiro atoms. The zero-order valence-electron chi connectivity index (χ0n) is 21.2. The van der Waals surface area contributed by atoms with Crippen LogP contribution in [0.2, 0.25) is 0 Å². The van der Waals surface area contributed by atoms with Crippen molar-refractivity contribution >= 4 is 29.1 Å². The molecule has 5 rings (SSSR count). The fourth-order valence-corrected chi connectivity index (χ4v) is 4.45. The Morgan fingerprint density at radius 2 is 1.78 bits per heavy atom. The van der Waals surface area contributed by atoms with E-state index in [2.05, 4.69) is 48.2 Å². The van der Waals surface area contributed by atoms with Gasteiger partial charge >= 0.3 is 0 Å². The molecular formula is C25H35N9O2. The van der Waals surface area contributed by atoms with Crippen molar-refractivity contribution < 1.29 is 9.47 Å². The third kappa shape index (κ3) is 5.47. The van der Waals surface area contributed by atoms with Gasteiger partial charge < -0.3 is 35.2 Å². The highest BCUT2D eigenvalue weighted by Gasteiger charge is 2.19. The van der Waals surface area contributed by atoms with Gasteiger partial charge in [0.05, 0.1) is 30.7 Å². The highest BCUT2D eigenvalue weighted by atomic mass is 16.5. The number of nitrogens with zero attached hydrogens (tertiary/aromatic N) is 7. The fourth-order valence-electron chi connectivity index (χ4n) is 4.45. The predicted molar refractivity (Wildman–Crippen MR) is 142 cm³/mol. The van der Waals surface area contributed by atoms with Gasteiger partial charge in [0.2, 0.25) is 11.9 Å². The van der Waals surface area contributed by atoms with E-state index in [0.717, 1.165) is 67.9 Å². The summed E-state index contributed by atoms with van der Waals surface area (Å²) in [6.45, 7) is 11.1. The maximum absolute atomic E-state index is 6.26. The molecule has 192 valence electrons. The maximum atomic E-state index is 6.26. The molecule has 0 bridgehead atoms. The summed E-state index contributed by atoms with van der Waals surface area (Å²) in [5, 5.41) is 7.91. The van der Waals surface area contributed by atoms with Crippen LogP contribution in [0.1, 0.15) is 13.8 Å². The first-order chi connectivity index (χ1) is 17.5. The van der Waals surface area contributed by atoms with Crippen LogP contribution in [0.4, 0.5) is 29.1 Å². The van der Waals surface area contributed by atoms with Crippen LogP contribution in [0.3, 0.4) is 0 Å². The molecule has 3 N–H and O–H groups in total. The van der Waals surface area contributed by atoms with Crippen LogP contribution < -0.4 is 25.6 Å². The first kappa shape index (κ1) is 24.1. The summed E-state index contributed by atoms with van der Waals surface area (Å²) < 4.78 is 13.3. The molecular weight excluding hydrogens is 458 g/mol. The first-order valence-corrected chi connectivity index (χ1v) is 12.5. The molecule has 1 aromatic carbocycles. The lowest BCUT2D eigenvalue weighted by Crippen LogP contribution is -2.44. The number of rotatable bonds is 7. The number of hydrogen-bond donors (Lipinski definition) is 2. The number of morpholine rings is 1. The molecule has 0 radical (unpaired) electrons. The van der Waals surface area contributed by atoms with E-state index < -0.39 is 0 Å². The Hall–Kier alpha value is -3.57. The lowest BCUT2D eigenvalue weighted by Gasteiger charge is -2.33. The first-order valence-electron chi connectivity index (χ1n) is 12.5. The minimum absolute atomic E-state index is 0.0502. The Bertz CT molecular complexity index is 1170. The Morgan fingerprint density at radius 1 is 1.00 bits per heavy atom. The minimum atomic E-state index is 0.0502. The molecule has 0 saturated carbocycles. The van der Waals surface area contributed by atoms with Gasteiger partial charge in [-0.2, -0.15) is 9.67 Å². The number of likely N-dealkylation sites (N-methyl/N-ethyl adjacent to an activating group) is 1. The normalized spacial score (nSPS) is 17.0. The average Bonchev–Trinajstić information content (AvgIpc) is 3.24. The van der Waals surface area contributed by atoms with E-state index in [0.29, 0.717) is 25.1 Å². The largest absolute Gasteiger partial charge is 0.489 e. The Labute approximate surface area is 211 Å². The smallest absolute Gasteiger partial charge is 0.248 e. The number of nitrogen functional groups attached to an aromatic ring is 1. The van der Waals surface area contributed by atoms with Gasteiger partial charge in [-0.1, -0.05) is 0 Å². The van der Waals surface area contributed by atoms with Gasteiger partial charge in [0.15, 0.2) is 0 Å². The van der Waals surface area contributed by atoms with Crippen LogP contribution in [-0.4, -0.2) is 90.3 Å². The van der Waals surface area contributed by atoms with Gasteiger partial charge in [0, 0.05) is 63.3 Å². The summed E-state index contributed by atoms with van der Waals surface area (Å²) >= 11 is 0. The maximum Gasteiger partial charge on any atom is 0.248 e. The van der Waals surface area contributed by atoms with Crippen molar-refractivity contribution in [1.29, 1.82) is 0 Å². The van der Waals surface area contributed by atoms with Crippen LogP contribution in [0.5, 0.6) is 5.75 Å². The molecule has 36 heavy (non-hydrogen) atoms. The van der Waals surface area contributed by atoms with Crippen molar-refractivity contribution in [2.24, 2.45) is 0 Å². The number of pyridine rings is 1. The number of hydrogen-bond acceptors (Lipinski definition) is 10. The molecule has 0 amide bonds. The summed E-state index contributed by atoms with van der Waals surface area (Å²) in [5.41, 5.74) is 8.96. The highest BCUT2D eigenvalue weighted by Crippen LogP contribution is 2.34. The summed E-state index contributed by atoms with van der Waals surface area (Å²) in [6.07, 6.45) is 1.84. The molecule has 2 saturated heterocycles. The van der Waals surface area contributed by atoms with Crippen molar-refractivity contribution in [2.75, 3.05) is 80.4 Å². The number of nitrogens with two attached hydrogens (primary N) is 1. The Kier molecular flexibility index (Phi) is 7.10. The van der Waals surface area contributed by atoms with Crippen molar-refractivity contribution in [1.82, 2.24) is 24.6 Å². The molecule has 2 aromatic heterocycles. The number of piperazine rings is 1. The van der Waals surface area contributed by atoms with E-state index in [-0.39, 0.29) is 6.10 Å². The van der Waals surface area contributed by atoms with Gasteiger partial charge in [-0.3, -0.25) is 0 Å². The van der Waals surface area contributed by atoms with Crippen LogP contribution in [0.25, 0.3) is 5.69 Å². The van der Waals surface area contributed by atoms with Crippen LogP contribution >= 0.6 is 0 Å². The molecule has 2 aliphatic heterocycles. The van der Waals surface area contributed by atoms with E-state index in [9.17, 15) is 0 Å². The van der Waals surface area contributed by atoms with E-state index in [1.165, 1.54) is 0 Å². The molecule has 2 fully saturated rings. The quantitative estimate of drug-likeness (QED) is 0.509. The van der Waals surface area contributed by atoms with Crippen LogP contribution in [0.15, 0.2) is 36.5 Å². The van der Waals surface area contributed by atoms with Crippen molar-refractivity contribution in [3.63, 3.8) is 0 Å². The predicted octanol–water partition coefficient (Wildman–Crippen LogP) is 2.36. The average molecular weight is 494 g/mol. The van der Waals surface area contributed by atoms with Gasteiger partial charge in [-0.15, -0.1) is 5.10 Å². The van der Waals surface area contributed by atoms with E-state index >= 15 is 0 Å². The zero-order chi connectivity index (χ0) is 25.1. The van der Waals surface area contributed by atoms with Crippen LogP contribution in [0, 0.1) is 0 Å². The summed E-state index contributed by atoms with van der Waals surface area (Å²) in [7, 11) is 2.14. The third-order valence-corrected chi connectivity index (χ3v) is 6.36. The summed E-state index contributed by atoms with van der Waals surface area (Å²) in [5.74, 6) is 2.45. The van der Waals surface area contributed by atoms with Gasteiger partial charge in [-0.05, 0) is 39.1 Å². The van der Waals surface area contributed by atoms with Crippen LogP contribution in [-0.2, 0) is 4.74 Å². The molecule has 0 unspecified atom stereocenters. The number of anilines is 5. The monoisotopic (exact) mass is 493 g/mol. The Balaban J connectivity index is 1.35. The number of aromatic nitrogens is 4. The second-order valence-electron chi connectivity index (χ2n) is 9.44. The molecule has 0 aliphatic carbocycles. The van der Waals surface area contributed by atoms with Gasteiger partial charge in [0.1, 0.15) is 11.6 Å². The molecule has 0 atom stereocenters. The molecule has 2 aliphatic rings. The summed E-state index contributed by atoms with van der Waals surface area (Å²) in [4.78, 5) is 15.9. The second kappa shape index (κ2) is 10.6. The molecule has 4 heterocycles. The van der Waals surface area contributed by atoms with E-state index in [4.69, 9.17) is 15.2 Å². The van der Waals surface area contributed by atoms with E-state index in [1.807, 2.05) is 38.1 Å². The number of nitrogens with one attached hydrogen (secondary N) is 1. The van der Waals surface area contributed by atoms with Crippen molar-refractivity contribution in [3.8, 4) is 11.4 Å². The fraction of sp³-hybridized carbons (Fsp3) is 0.480. The second-order valence-corrected chi connectivity index (χ2v) is 9.44. The Morgan fingerprint density at radius 3 is 2.53 bits per heavy atom. The van der Waals surface area contributed by atoms with Gasteiger partial charge in [-0.25, -0.2) is 4.98 Å². The lowest BCUT2D eigenvalue weighted by molar-refractivity contribution is 0.122. The topological polar surface area (TPSA) is 110 Å². The molecule has 11 heteroatoms. The minimum Gasteiger partial charge on any atom is -0.489 e. The summed E-state index contributed by atoms with van der Waals surface area (Å²) in [6, 6.07) is 9.95. The third-order valence-electron chi connectivity index (χ3n) is 6.36. The molecule has 3 aromatic rings. The lowest BCUT2D eigenvalue weighted by atomic mass is 10.2. The zero-order valence-corrected chi connectivity index (χ0v) is 21.2. The standard InChI is InChI=1S/C25H35N9O2/c1-18(2)36-22-16-19(4-5-21(22)32-12-14-35-15-13-32)28-25-29-24(26)34(30-25)20-6-7-27-23(17-20)33-10-8-31(3)9-11-33/h4-7,16-18H,8-15H2,1-3H3,(H3,26,28,29,30). The SMILES string of the molecule is CC(C)Oc1cc(Nc2nc(N)n(-c3ccnc(N4CCN(C)CC4)c3)n2)ccc1N1CCOCC1. The van der Waals surface area contributed by atoms with Crippen molar-refractivity contribution in [3.05, 3.63) is 36.5 Å². The number of ether oxygens (including phenoxy) is 2. The highest BCUT2D eigenvalue weighted by molar-refractivity contribution is 5.68. The molecule has 11 nitrogen and oxygen atoms in total. The number of benzene rings is 1.